The highest BCUT2D eigenvalue weighted by molar-refractivity contribution is 5.86. The van der Waals surface area contributed by atoms with E-state index in [1.54, 1.807) is 12.3 Å². The number of rotatable bonds is 11. The van der Waals surface area contributed by atoms with E-state index in [4.69, 9.17) is 18.6 Å². The summed E-state index contributed by atoms with van der Waals surface area (Å²) in [5.41, 5.74) is 2.25. The summed E-state index contributed by atoms with van der Waals surface area (Å²) < 4.78 is 23.1. The van der Waals surface area contributed by atoms with Gasteiger partial charge in [0.1, 0.15) is 11.4 Å². The Bertz CT molecular complexity index is 1140. The number of carboxylic acid groups (broad SMARTS) is 1. The molecule has 1 aliphatic carbocycles. The van der Waals surface area contributed by atoms with Crippen molar-refractivity contribution in [3.05, 3.63) is 77.4 Å². The average Bonchev–Trinajstić information content (AvgIpc) is 3.67. The first-order valence-corrected chi connectivity index (χ1v) is 12.9. The van der Waals surface area contributed by atoms with Gasteiger partial charge in [0.15, 0.2) is 0 Å². The molecule has 5 rings (SSSR count). The largest absolute Gasteiger partial charge is 0.493 e. The van der Waals surface area contributed by atoms with Gasteiger partial charge in [0.05, 0.1) is 19.5 Å². The molecule has 0 radical (unpaired) electrons. The van der Waals surface area contributed by atoms with Crippen LogP contribution in [0.5, 0.6) is 11.6 Å². The number of furan rings is 1. The number of nitrogens with zero attached hydrogens (tertiary/aromatic N) is 1. The summed E-state index contributed by atoms with van der Waals surface area (Å²) in [6.07, 6.45) is 11.2. The van der Waals surface area contributed by atoms with E-state index in [-0.39, 0.29) is 5.76 Å². The zero-order chi connectivity index (χ0) is 24.8. The Morgan fingerprint density at radius 2 is 1.86 bits per heavy atom. The molecule has 3 heterocycles. The second kappa shape index (κ2) is 11.2. The molecule has 0 bridgehead atoms. The van der Waals surface area contributed by atoms with E-state index >= 15 is 0 Å². The Kier molecular flexibility index (Phi) is 7.56. The number of carboxylic acids is 1. The van der Waals surface area contributed by atoms with Gasteiger partial charge < -0.3 is 23.7 Å². The van der Waals surface area contributed by atoms with Crippen LogP contribution in [0.1, 0.15) is 78.1 Å². The maximum absolute atomic E-state index is 11.6. The molecule has 1 unspecified atom stereocenters. The zero-order valence-electron chi connectivity index (χ0n) is 20.5. The molecular weight excluding hydrogens is 458 g/mol. The van der Waals surface area contributed by atoms with Gasteiger partial charge in [-0.1, -0.05) is 25.0 Å². The highest BCUT2D eigenvalue weighted by Crippen LogP contribution is 2.41. The quantitative estimate of drug-likeness (QED) is 0.323. The van der Waals surface area contributed by atoms with Crippen molar-refractivity contribution in [3.63, 3.8) is 0 Å². The summed E-state index contributed by atoms with van der Waals surface area (Å²) in [5, 5.41) is 9.52. The Hall–Kier alpha value is -3.32. The number of aromatic nitrogens is 1. The van der Waals surface area contributed by atoms with Gasteiger partial charge in [0.2, 0.25) is 11.6 Å². The highest BCUT2D eigenvalue weighted by Gasteiger charge is 2.41. The van der Waals surface area contributed by atoms with E-state index in [1.165, 1.54) is 37.5 Å². The van der Waals surface area contributed by atoms with E-state index < -0.39 is 11.6 Å². The van der Waals surface area contributed by atoms with Crippen LogP contribution in [-0.2, 0) is 16.8 Å². The summed E-state index contributed by atoms with van der Waals surface area (Å²) in [5.74, 6) is 0.988. The fraction of sp³-hybridized carbons (Fsp3) is 0.448. The molecule has 0 amide bonds. The Morgan fingerprint density at radius 3 is 2.61 bits per heavy atom. The highest BCUT2D eigenvalue weighted by atomic mass is 16.5. The van der Waals surface area contributed by atoms with Crippen molar-refractivity contribution in [1.82, 2.24) is 4.98 Å². The minimum atomic E-state index is -1.09. The van der Waals surface area contributed by atoms with Gasteiger partial charge in [-0.15, -0.1) is 0 Å². The molecule has 1 saturated heterocycles. The maximum atomic E-state index is 11.6. The van der Waals surface area contributed by atoms with Crippen LogP contribution >= 0.6 is 0 Å². The van der Waals surface area contributed by atoms with E-state index in [1.807, 2.05) is 12.1 Å². The van der Waals surface area contributed by atoms with Gasteiger partial charge in [0.25, 0.3) is 0 Å². The third kappa shape index (κ3) is 5.57. The maximum Gasteiger partial charge on any atom is 0.372 e. The SMILES string of the molecule is O=C(O)c1occc1C1(Cc2ccnc(OCCCOc3ccc(C4CCCC4)cc3)c2)CCCO1. The summed E-state index contributed by atoms with van der Waals surface area (Å²) in [6.45, 7) is 1.64. The third-order valence-electron chi connectivity index (χ3n) is 7.26. The number of aromatic carboxylic acids is 1. The minimum absolute atomic E-state index is 0.0596. The molecule has 1 atom stereocenters. The number of carbonyl (C=O) groups is 1. The van der Waals surface area contributed by atoms with Gasteiger partial charge >= 0.3 is 5.97 Å². The Balaban J connectivity index is 1.12. The number of hydrogen-bond donors (Lipinski definition) is 1. The summed E-state index contributed by atoms with van der Waals surface area (Å²) in [7, 11) is 0. The summed E-state index contributed by atoms with van der Waals surface area (Å²) >= 11 is 0. The molecule has 36 heavy (non-hydrogen) atoms. The molecule has 2 fully saturated rings. The second-order valence-electron chi connectivity index (χ2n) is 9.69. The van der Waals surface area contributed by atoms with Crippen molar-refractivity contribution >= 4 is 5.97 Å². The first-order chi connectivity index (χ1) is 17.6. The molecule has 3 aromatic rings. The molecule has 2 aliphatic rings. The average molecular weight is 492 g/mol. The van der Waals surface area contributed by atoms with Crippen molar-refractivity contribution in [2.45, 2.75) is 62.9 Å². The van der Waals surface area contributed by atoms with Crippen LogP contribution in [0.3, 0.4) is 0 Å². The van der Waals surface area contributed by atoms with E-state index in [2.05, 4.69) is 29.2 Å². The Labute approximate surface area is 211 Å². The number of ether oxygens (including phenoxy) is 3. The van der Waals surface area contributed by atoms with Gasteiger partial charge in [-0.05, 0) is 67.0 Å². The monoisotopic (exact) mass is 491 g/mol. The predicted molar refractivity (Wildman–Crippen MR) is 134 cm³/mol. The smallest absolute Gasteiger partial charge is 0.372 e. The molecule has 7 nitrogen and oxygen atoms in total. The molecule has 1 N–H and O–H groups in total. The Morgan fingerprint density at radius 1 is 1.06 bits per heavy atom. The van der Waals surface area contributed by atoms with Gasteiger partial charge in [-0.25, -0.2) is 9.78 Å². The van der Waals surface area contributed by atoms with Crippen molar-refractivity contribution in [2.24, 2.45) is 0 Å². The molecule has 1 saturated carbocycles. The lowest BCUT2D eigenvalue weighted by Gasteiger charge is -2.28. The third-order valence-corrected chi connectivity index (χ3v) is 7.26. The van der Waals surface area contributed by atoms with Crippen LogP contribution in [0.4, 0.5) is 0 Å². The van der Waals surface area contributed by atoms with Crippen molar-refractivity contribution < 1.29 is 28.5 Å². The topological polar surface area (TPSA) is 91.0 Å². The van der Waals surface area contributed by atoms with Crippen LogP contribution in [0.15, 0.2) is 59.3 Å². The van der Waals surface area contributed by atoms with E-state index in [0.29, 0.717) is 43.6 Å². The standard InChI is InChI=1S/C29H33NO6/c31-28(32)27-25(12-18-35-27)29(13-3-17-36-29)20-21-11-14-30-26(19-21)34-16-4-15-33-24-9-7-23(8-10-24)22-5-1-2-6-22/h7-12,14,18-19,22H,1-6,13,15-17,20H2,(H,31,32). The molecule has 2 aromatic heterocycles. The molecule has 1 aromatic carbocycles. The fourth-order valence-electron chi connectivity index (χ4n) is 5.47. The molecule has 190 valence electrons. The normalized spacial score (nSPS) is 20.0. The van der Waals surface area contributed by atoms with Gasteiger partial charge in [-0.3, -0.25) is 0 Å². The van der Waals surface area contributed by atoms with Gasteiger partial charge in [-0.2, -0.15) is 0 Å². The summed E-state index contributed by atoms with van der Waals surface area (Å²) in [4.78, 5) is 16.0. The second-order valence-corrected chi connectivity index (χ2v) is 9.69. The first-order valence-electron chi connectivity index (χ1n) is 12.9. The first kappa shape index (κ1) is 24.4. The van der Waals surface area contributed by atoms with Crippen LogP contribution in [-0.4, -0.2) is 35.9 Å². The van der Waals surface area contributed by atoms with Crippen LogP contribution in [0.25, 0.3) is 0 Å². The molecular formula is C29H33NO6. The molecule has 7 heteroatoms. The number of pyridine rings is 1. The lowest BCUT2D eigenvalue weighted by Crippen LogP contribution is -2.29. The van der Waals surface area contributed by atoms with E-state index in [0.717, 1.165) is 30.6 Å². The van der Waals surface area contributed by atoms with Crippen LogP contribution in [0, 0.1) is 0 Å². The van der Waals surface area contributed by atoms with Crippen LogP contribution < -0.4 is 9.47 Å². The van der Waals surface area contributed by atoms with Crippen molar-refractivity contribution in [1.29, 1.82) is 0 Å². The predicted octanol–water partition coefficient (Wildman–Crippen LogP) is 6.13. The lowest BCUT2D eigenvalue weighted by atomic mass is 9.85. The fourth-order valence-corrected chi connectivity index (χ4v) is 5.47. The van der Waals surface area contributed by atoms with Crippen LogP contribution in [0.2, 0.25) is 0 Å². The summed E-state index contributed by atoms with van der Waals surface area (Å²) in [6, 6.07) is 14.0. The lowest BCUT2D eigenvalue weighted by molar-refractivity contribution is -0.00172. The van der Waals surface area contributed by atoms with Gasteiger partial charge in [0, 0.05) is 37.3 Å². The molecule has 1 aliphatic heterocycles. The van der Waals surface area contributed by atoms with Crippen molar-refractivity contribution in [3.8, 4) is 11.6 Å². The van der Waals surface area contributed by atoms with E-state index in [9.17, 15) is 9.90 Å². The number of hydrogen-bond acceptors (Lipinski definition) is 6. The van der Waals surface area contributed by atoms with Crippen molar-refractivity contribution in [2.75, 3.05) is 19.8 Å². The zero-order valence-corrected chi connectivity index (χ0v) is 20.5. The molecule has 0 spiro atoms. The minimum Gasteiger partial charge on any atom is -0.493 e. The number of benzene rings is 1.